The molecule has 1 heterocycles. The van der Waals surface area contributed by atoms with E-state index in [1.807, 2.05) is 43.1 Å². The minimum absolute atomic E-state index is 0.144. The number of hydrogen-bond acceptors (Lipinski definition) is 3. The van der Waals surface area contributed by atoms with E-state index in [1.165, 1.54) is 0 Å². The second-order valence-electron chi connectivity index (χ2n) is 5.18. The average molecular weight is 262 g/mol. The second kappa shape index (κ2) is 6.06. The molecular weight excluding hydrogens is 240 g/mol. The molecule has 1 aromatic rings. The minimum Gasteiger partial charge on any atom is -0.399 e. The summed E-state index contributed by atoms with van der Waals surface area (Å²) in [5.74, 6) is 0.180. The summed E-state index contributed by atoms with van der Waals surface area (Å²) in [5.41, 5.74) is 7.54. The molecule has 2 N–H and O–H groups in total. The highest BCUT2D eigenvalue weighted by molar-refractivity contribution is 5.76. The Morgan fingerprint density at radius 2 is 2.11 bits per heavy atom. The molecule has 2 atom stereocenters. The zero-order valence-corrected chi connectivity index (χ0v) is 11.6. The van der Waals surface area contributed by atoms with Gasteiger partial charge < -0.3 is 15.4 Å². The summed E-state index contributed by atoms with van der Waals surface area (Å²) in [6.07, 6.45) is 2.37. The lowest BCUT2D eigenvalue weighted by molar-refractivity contribution is -0.132. The molecule has 0 aromatic heterocycles. The van der Waals surface area contributed by atoms with Crippen molar-refractivity contribution in [3.8, 4) is 0 Å². The van der Waals surface area contributed by atoms with Crippen LogP contribution in [0.2, 0.25) is 0 Å². The third-order valence-corrected chi connectivity index (χ3v) is 3.83. The quantitative estimate of drug-likeness (QED) is 0.842. The Morgan fingerprint density at radius 1 is 1.42 bits per heavy atom. The van der Waals surface area contributed by atoms with Gasteiger partial charge in [0.25, 0.3) is 0 Å². The molecule has 2 unspecified atom stereocenters. The average Bonchev–Trinajstić information content (AvgIpc) is 2.83. The fraction of sp³-hybridized carbons (Fsp3) is 0.533. The molecular formula is C15H22N2O2. The molecule has 2 rings (SSSR count). The minimum atomic E-state index is 0.144. The van der Waals surface area contributed by atoms with Gasteiger partial charge in [-0.25, -0.2) is 0 Å². The predicted molar refractivity (Wildman–Crippen MR) is 75.8 cm³/mol. The molecule has 1 fully saturated rings. The number of amides is 1. The Balaban J connectivity index is 1.85. The predicted octanol–water partition coefficient (Wildman–Crippen LogP) is 1.84. The molecule has 0 bridgehead atoms. The molecule has 0 saturated carbocycles. The van der Waals surface area contributed by atoms with Crippen LogP contribution in [0.15, 0.2) is 24.3 Å². The van der Waals surface area contributed by atoms with Crippen LogP contribution in [0.1, 0.15) is 25.3 Å². The van der Waals surface area contributed by atoms with Crippen molar-refractivity contribution in [3.05, 3.63) is 29.8 Å². The Labute approximate surface area is 114 Å². The summed E-state index contributed by atoms with van der Waals surface area (Å²) >= 11 is 0. The van der Waals surface area contributed by atoms with E-state index >= 15 is 0 Å². The first-order chi connectivity index (χ1) is 9.08. The van der Waals surface area contributed by atoms with E-state index in [1.54, 1.807) is 0 Å². The fourth-order valence-electron chi connectivity index (χ4n) is 2.53. The number of nitrogens with two attached hydrogens (primary N) is 1. The van der Waals surface area contributed by atoms with Crippen LogP contribution in [0.5, 0.6) is 0 Å². The Morgan fingerprint density at radius 3 is 2.68 bits per heavy atom. The van der Waals surface area contributed by atoms with Crippen LogP contribution in [-0.4, -0.2) is 36.6 Å². The van der Waals surface area contributed by atoms with Gasteiger partial charge in [-0.3, -0.25) is 4.79 Å². The van der Waals surface area contributed by atoms with Gasteiger partial charge in [-0.1, -0.05) is 12.1 Å². The first-order valence-electron chi connectivity index (χ1n) is 6.79. The number of benzene rings is 1. The Bertz CT molecular complexity index is 430. The van der Waals surface area contributed by atoms with Crippen LogP contribution in [0.3, 0.4) is 0 Å². The Hall–Kier alpha value is -1.55. The van der Waals surface area contributed by atoms with E-state index in [-0.39, 0.29) is 18.1 Å². The largest absolute Gasteiger partial charge is 0.399 e. The van der Waals surface area contributed by atoms with Crippen LogP contribution < -0.4 is 5.73 Å². The fourth-order valence-corrected chi connectivity index (χ4v) is 2.53. The molecule has 0 spiro atoms. The summed E-state index contributed by atoms with van der Waals surface area (Å²) in [7, 11) is 1.88. The molecule has 104 valence electrons. The van der Waals surface area contributed by atoms with Crippen molar-refractivity contribution < 1.29 is 9.53 Å². The van der Waals surface area contributed by atoms with Crippen LogP contribution in [0.25, 0.3) is 0 Å². The molecule has 0 aliphatic carbocycles. The number of hydrogen-bond donors (Lipinski definition) is 1. The molecule has 0 radical (unpaired) electrons. The zero-order chi connectivity index (χ0) is 13.8. The maximum atomic E-state index is 12.2. The van der Waals surface area contributed by atoms with Crippen molar-refractivity contribution in [2.75, 3.05) is 19.4 Å². The number of rotatable bonds is 4. The third kappa shape index (κ3) is 3.47. The van der Waals surface area contributed by atoms with Gasteiger partial charge in [0.05, 0.1) is 12.1 Å². The van der Waals surface area contributed by atoms with Crippen molar-refractivity contribution in [1.29, 1.82) is 0 Å². The van der Waals surface area contributed by atoms with E-state index in [0.29, 0.717) is 6.42 Å². The molecule has 1 saturated heterocycles. The third-order valence-electron chi connectivity index (χ3n) is 3.83. The van der Waals surface area contributed by atoms with E-state index in [2.05, 4.69) is 0 Å². The van der Waals surface area contributed by atoms with E-state index in [0.717, 1.165) is 30.7 Å². The number of carbonyl (C=O) groups excluding carboxylic acids is 1. The topological polar surface area (TPSA) is 55.6 Å². The number of carbonyl (C=O) groups is 1. The van der Waals surface area contributed by atoms with Gasteiger partial charge in [0.15, 0.2) is 0 Å². The maximum Gasteiger partial charge on any atom is 0.222 e. The van der Waals surface area contributed by atoms with Crippen molar-refractivity contribution in [2.24, 2.45) is 0 Å². The molecule has 4 heteroatoms. The van der Waals surface area contributed by atoms with Gasteiger partial charge in [0.1, 0.15) is 0 Å². The number of nitrogens with zero attached hydrogens (tertiary/aromatic N) is 1. The van der Waals surface area contributed by atoms with Crippen molar-refractivity contribution >= 4 is 11.6 Å². The van der Waals surface area contributed by atoms with E-state index in [4.69, 9.17) is 10.5 Å². The highest BCUT2D eigenvalue weighted by Crippen LogP contribution is 2.19. The molecule has 1 aromatic carbocycles. The van der Waals surface area contributed by atoms with Crippen molar-refractivity contribution in [2.45, 2.75) is 38.3 Å². The smallest absolute Gasteiger partial charge is 0.222 e. The monoisotopic (exact) mass is 262 g/mol. The normalized spacial score (nSPS) is 22.4. The van der Waals surface area contributed by atoms with Gasteiger partial charge in [-0.2, -0.15) is 0 Å². The summed E-state index contributed by atoms with van der Waals surface area (Å²) in [6.45, 7) is 2.78. The number of aryl methyl sites for hydroxylation is 1. The Kier molecular flexibility index (Phi) is 4.43. The number of likely N-dealkylation sites (N-methyl/N-ethyl adjacent to an activating group) is 1. The first-order valence-corrected chi connectivity index (χ1v) is 6.79. The number of anilines is 1. The zero-order valence-electron chi connectivity index (χ0n) is 11.6. The number of ether oxygens (including phenoxy) is 1. The van der Waals surface area contributed by atoms with Crippen LogP contribution >= 0.6 is 0 Å². The molecule has 4 nitrogen and oxygen atoms in total. The van der Waals surface area contributed by atoms with Crippen LogP contribution in [-0.2, 0) is 16.0 Å². The first kappa shape index (κ1) is 13.9. The molecule has 1 aliphatic heterocycles. The standard InChI is InChI=1S/C15H22N2O2/c1-11-14(9-10-19-11)17(2)15(18)8-5-12-3-6-13(16)7-4-12/h3-4,6-7,11,14H,5,8-10,16H2,1-2H3. The summed E-state index contributed by atoms with van der Waals surface area (Å²) < 4.78 is 5.50. The highest BCUT2D eigenvalue weighted by atomic mass is 16.5. The molecule has 19 heavy (non-hydrogen) atoms. The summed E-state index contributed by atoms with van der Waals surface area (Å²) in [5, 5.41) is 0. The maximum absolute atomic E-state index is 12.2. The highest BCUT2D eigenvalue weighted by Gasteiger charge is 2.30. The second-order valence-corrected chi connectivity index (χ2v) is 5.18. The van der Waals surface area contributed by atoms with Gasteiger partial charge in [0.2, 0.25) is 5.91 Å². The number of nitrogen functional groups attached to an aromatic ring is 1. The van der Waals surface area contributed by atoms with Gasteiger partial charge >= 0.3 is 0 Å². The van der Waals surface area contributed by atoms with Crippen molar-refractivity contribution in [3.63, 3.8) is 0 Å². The lowest BCUT2D eigenvalue weighted by atomic mass is 10.1. The molecule has 1 aliphatic rings. The summed E-state index contributed by atoms with van der Waals surface area (Å²) in [6, 6.07) is 7.92. The lowest BCUT2D eigenvalue weighted by Crippen LogP contribution is -2.41. The van der Waals surface area contributed by atoms with Gasteiger partial charge in [-0.05, 0) is 37.5 Å². The van der Waals surface area contributed by atoms with E-state index < -0.39 is 0 Å². The van der Waals surface area contributed by atoms with Crippen LogP contribution in [0, 0.1) is 0 Å². The van der Waals surface area contributed by atoms with Crippen molar-refractivity contribution in [1.82, 2.24) is 4.90 Å². The van der Waals surface area contributed by atoms with Gasteiger partial charge in [0, 0.05) is 25.8 Å². The van der Waals surface area contributed by atoms with Crippen LogP contribution in [0.4, 0.5) is 5.69 Å². The van der Waals surface area contributed by atoms with Gasteiger partial charge in [-0.15, -0.1) is 0 Å². The SMILES string of the molecule is CC1OCCC1N(C)C(=O)CCc1ccc(N)cc1. The summed E-state index contributed by atoms with van der Waals surface area (Å²) in [4.78, 5) is 14.0. The van der Waals surface area contributed by atoms with E-state index in [9.17, 15) is 4.79 Å². The molecule has 1 amide bonds. The lowest BCUT2D eigenvalue weighted by Gasteiger charge is -2.26.